The third-order valence-electron chi connectivity index (χ3n) is 1.20. The van der Waals surface area contributed by atoms with Gasteiger partial charge in [-0.3, -0.25) is 9.63 Å². The molecule has 0 aromatic heterocycles. The van der Waals surface area contributed by atoms with Crippen LogP contribution in [0.15, 0.2) is 5.16 Å². The van der Waals surface area contributed by atoms with Crippen molar-refractivity contribution < 1.29 is 14.4 Å². The van der Waals surface area contributed by atoms with Gasteiger partial charge in [-0.05, 0) is 6.26 Å². The first kappa shape index (κ1) is 12.8. The van der Waals surface area contributed by atoms with Gasteiger partial charge in [0.05, 0.1) is 0 Å². The number of hydrogen-bond acceptors (Lipinski definition) is 5. The minimum Gasteiger partial charge on any atom is -0.343 e. The first-order valence-corrected chi connectivity index (χ1v) is 4.97. The van der Waals surface area contributed by atoms with Crippen molar-refractivity contribution in [3.8, 4) is 0 Å². The maximum absolute atomic E-state index is 11.3. The lowest BCUT2D eigenvalue weighted by molar-refractivity contribution is -0.121. The highest BCUT2D eigenvalue weighted by Crippen LogP contribution is 2.01. The van der Waals surface area contributed by atoms with Gasteiger partial charge >= 0.3 is 6.09 Å². The van der Waals surface area contributed by atoms with Crippen LogP contribution in [0.1, 0.15) is 0 Å². The standard InChI is InChI=1S/C7H13N3O3S/c1-8-7(12)13-9-5(14-4)6(11)10(2)3/h1-4H3,(H,8,12)/b9-5-/i5+1. The molecule has 14 heavy (non-hydrogen) atoms. The molecule has 0 aliphatic rings. The molecular weight excluding hydrogens is 207 g/mol. The molecule has 0 saturated carbocycles. The van der Waals surface area contributed by atoms with Gasteiger partial charge in [-0.2, -0.15) is 0 Å². The minimum atomic E-state index is -0.705. The highest BCUT2D eigenvalue weighted by Gasteiger charge is 2.13. The Kier molecular flexibility index (Phi) is 5.70. The van der Waals surface area contributed by atoms with E-state index in [-0.39, 0.29) is 11.0 Å². The smallest absolute Gasteiger partial charge is 0.343 e. The van der Waals surface area contributed by atoms with Crippen molar-refractivity contribution in [3.63, 3.8) is 0 Å². The number of oxime groups is 1. The molecule has 0 atom stereocenters. The number of rotatable bonds is 1. The lowest BCUT2D eigenvalue weighted by atomic mass is 10.8. The molecule has 1 N–H and O–H groups in total. The molecule has 0 bridgehead atoms. The van der Waals surface area contributed by atoms with E-state index in [4.69, 9.17) is 0 Å². The molecule has 0 fully saturated rings. The molecule has 0 saturated heterocycles. The Hall–Kier alpha value is -1.24. The van der Waals surface area contributed by atoms with E-state index in [1.807, 2.05) is 0 Å². The number of carbonyl (C=O) groups excluding carboxylic acids is 2. The van der Waals surface area contributed by atoms with Crippen LogP contribution in [0.5, 0.6) is 0 Å². The number of nitrogens with one attached hydrogen (secondary N) is 1. The molecular formula is C7H13N3O3S. The molecule has 0 aliphatic carbocycles. The summed E-state index contributed by atoms with van der Waals surface area (Å²) in [5.41, 5.74) is 0. The zero-order chi connectivity index (χ0) is 11.1. The van der Waals surface area contributed by atoms with E-state index in [0.29, 0.717) is 0 Å². The van der Waals surface area contributed by atoms with Crippen LogP contribution in [-0.2, 0) is 9.63 Å². The van der Waals surface area contributed by atoms with Crippen LogP contribution in [0.25, 0.3) is 0 Å². The van der Waals surface area contributed by atoms with Crippen molar-refractivity contribution in [2.45, 2.75) is 0 Å². The van der Waals surface area contributed by atoms with Crippen LogP contribution in [0.4, 0.5) is 4.79 Å². The van der Waals surface area contributed by atoms with E-state index in [2.05, 4.69) is 15.3 Å². The summed E-state index contributed by atoms with van der Waals surface area (Å²) in [7, 11) is 4.59. The van der Waals surface area contributed by atoms with Gasteiger partial charge < -0.3 is 10.2 Å². The Morgan fingerprint density at radius 1 is 1.43 bits per heavy atom. The molecule has 0 unspecified atom stereocenters. The molecule has 0 aromatic rings. The molecule has 0 aromatic carbocycles. The van der Waals surface area contributed by atoms with Gasteiger partial charge in [-0.15, -0.1) is 11.8 Å². The maximum Gasteiger partial charge on any atom is 0.433 e. The van der Waals surface area contributed by atoms with Gasteiger partial charge in [0.2, 0.25) is 5.04 Å². The summed E-state index contributed by atoms with van der Waals surface area (Å²) in [6, 6.07) is 0. The summed E-state index contributed by atoms with van der Waals surface area (Å²) in [6.45, 7) is 0. The minimum absolute atomic E-state index is 0.124. The van der Waals surface area contributed by atoms with Crippen molar-refractivity contribution in [1.82, 2.24) is 10.2 Å². The molecule has 0 heterocycles. The SMILES string of the molecule is CNC(=O)O/N=[13C](\SC)C(=O)N(C)C. The van der Waals surface area contributed by atoms with Gasteiger partial charge in [0, 0.05) is 21.1 Å². The fourth-order valence-corrected chi connectivity index (χ4v) is 0.952. The summed E-state index contributed by atoms with van der Waals surface area (Å²) in [4.78, 5) is 27.7. The molecule has 0 radical (unpaired) electrons. The molecule has 6 nitrogen and oxygen atoms in total. The first-order chi connectivity index (χ1) is 6.52. The van der Waals surface area contributed by atoms with E-state index < -0.39 is 6.09 Å². The third kappa shape index (κ3) is 4.13. The summed E-state index contributed by atoms with van der Waals surface area (Å²) < 4.78 is 0. The van der Waals surface area contributed by atoms with Crippen LogP contribution in [0.2, 0.25) is 0 Å². The molecule has 0 aliphatic heterocycles. The number of nitrogens with zero attached hydrogens (tertiary/aromatic N) is 2. The van der Waals surface area contributed by atoms with E-state index in [9.17, 15) is 9.59 Å². The molecule has 80 valence electrons. The third-order valence-corrected chi connectivity index (χ3v) is 1.83. The summed E-state index contributed by atoms with van der Waals surface area (Å²) in [5, 5.41) is 5.74. The highest BCUT2D eigenvalue weighted by molar-refractivity contribution is 8.15. The number of thioether (sulfide) groups is 1. The normalized spacial score (nSPS) is 10.7. The quantitative estimate of drug-likeness (QED) is 0.224. The van der Waals surface area contributed by atoms with Crippen LogP contribution < -0.4 is 5.32 Å². The van der Waals surface area contributed by atoms with Gasteiger partial charge in [0.1, 0.15) is 0 Å². The fourth-order valence-electron chi connectivity index (χ4n) is 0.483. The zero-order valence-electron chi connectivity index (χ0n) is 8.53. The second-order valence-corrected chi connectivity index (χ2v) is 3.22. The van der Waals surface area contributed by atoms with E-state index in [0.717, 1.165) is 11.8 Å². The molecule has 2 amide bonds. The van der Waals surface area contributed by atoms with Crippen molar-refractivity contribution in [2.75, 3.05) is 27.4 Å². The number of amides is 2. The number of hydrogen-bond donors (Lipinski definition) is 1. The largest absolute Gasteiger partial charge is 0.433 e. The second-order valence-electron chi connectivity index (χ2n) is 2.43. The van der Waals surface area contributed by atoms with Crippen LogP contribution in [-0.4, -0.2) is 49.3 Å². The van der Waals surface area contributed by atoms with Crippen molar-refractivity contribution >= 4 is 28.8 Å². The summed E-state index contributed by atoms with van der Waals surface area (Å²) in [5.74, 6) is -0.304. The van der Waals surface area contributed by atoms with E-state index in [1.54, 1.807) is 20.4 Å². The van der Waals surface area contributed by atoms with E-state index >= 15 is 0 Å². The fraction of sp³-hybridized carbons (Fsp3) is 0.571. The Labute approximate surface area is 86.6 Å². The Morgan fingerprint density at radius 3 is 2.36 bits per heavy atom. The van der Waals surface area contributed by atoms with Crippen LogP contribution >= 0.6 is 11.8 Å². The monoisotopic (exact) mass is 220 g/mol. The maximum atomic E-state index is 11.3. The van der Waals surface area contributed by atoms with Crippen molar-refractivity contribution in [3.05, 3.63) is 0 Å². The van der Waals surface area contributed by atoms with Crippen molar-refractivity contribution in [1.29, 1.82) is 0 Å². The topological polar surface area (TPSA) is 71.0 Å². The molecule has 0 spiro atoms. The number of carbonyl (C=O) groups is 2. The van der Waals surface area contributed by atoms with Gasteiger partial charge in [-0.1, -0.05) is 5.16 Å². The van der Waals surface area contributed by atoms with Crippen LogP contribution in [0.3, 0.4) is 0 Å². The Bertz CT molecular complexity index is 253. The highest BCUT2D eigenvalue weighted by atomic mass is 32.2. The average Bonchev–Trinajstić information content (AvgIpc) is 2.17. The van der Waals surface area contributed by atoms with Gasteiger partial charge in [-0.25, -0.2) is 4.79 Å². The van der Waals surface area contributed by atoms with Gasteiger partial charge in [0.25, 0.3) is 5.91 Å². The average molecular weight is 220 g/mol. The Morgan fingerprint density at radius 2 is 2.00 bits per heavy atom. The Balaban J connectivity index is 4.40. The summed E-state index contributed by atoms with van der Waals surface area (Å²) in [6.07, 6.45) is 0.969. The van der Waals surface area contributed by atoms with Crippen molar-refractivity contribution in [2.24, 2.45) is 5.16 Å². The zero-order valence-corrected chi connectivity index (χ0v) is 9.34. The van der Waals surface area contributed by atoms with E-state index in [1.165, 1.54) is 11.9 Å². The predicted molar refractivity (Wildman–Crippen MR) is 55.2 cm³/mol. The lowest BCUT2D eigenvalue weighted by Crippen LogP contribution is -2.28. The molecule has 0 rings (SSSR count). The second kappa shape index (κ2) is 6.25. The molecule has 7 heteroatoms. The van der Waals surface area contributed by atoms with Gasteiger partial charge in [0.15, 0.2) is 0 Å². The first-order valence-electron chi connectivity index (χ1n) is 3.75. The lowest BCUT2D eigenvalue weighted by Gasteiger charge is -2.09. The summed E-state index contributed by atoms with van der Waals surface area (Å²) >= 11 is 1.11. The predicted octanol–water partition coefficient (Wildman–Crippen LogP) is 0.107. The van der Waals surface area contributed by atoms with Crippen LogP contribution in [0, 0.1) is 0 Å².